The lowest BCUT2D eigenvalue weighted by Crippen LogP contribution is -2.10. The summed E-state index contributed by atoms with van der Waals surface area (Å²) in [6.07, 6.45) is 6.37. The normalized spacial score (nSPS) is 11.4. The highest BCUT2D eigenvalue weighted by molar-refractivity contribution is 7.85. The number of nitrogens with zero attached hydrogens (tertiary/aromatic N) is 3. The van der Waals surface area contributed by atoms with Gasteiger partial charge >= 0.3 is 0 Å². The van der Waals surface area contributed by atoms with Crippen LogP contribution in [0.3, 0.4) is 0 Å². The average Bonchev–Trinajstić information content (AvgIpc) is 3.23. The summed E-state index contributed by atoms with van der Waals surface area (Å²) in [6.45, 7) is 0.822. The highest BCUT2D eigenvalue weighted by Gasteiger charge is 2.14. The number of pyridine rings is 1. The predicted octanol–water partition coefficient (Wildman–Crippen LogP) is 4.17. The van der Waals surface area contributed by atoms with E-state index in [1.54, 1.807) is 17.1 Å². The smallest absolute Gasteiger partial charge is 0.264 e. The maximum Gasteiger partial charge on any atom is 0.264 e. The van der Waals surface area contributed by atoms with Gasteiger partial charge < -0.3 is 4.74 Å². The van der Waals surface area contributed by atoms with Crippen LogP contribution in [0.1, 0.15) is 5.56 Å². The first-order valence-corrected chi connectivity index (χ1v) is 11.9. The number of ether oxygens (including phenoxy) is 1. The van der Waals surface area contributed by atoms with E-state index >= 15 is 0 Å². The molecule has 0 unspecified atom stereocenters. The van der Waals surface area contributed by atoms with E-state index in [0.29, 0.717) is 13.2 Å². The van der Waals surface area contributed by atoms with Crippen LogP contribution in [-0.2, 0) is 27.5 Å². The minimum Gasteiger partial charge on any atom is -0.489 e. The summed E-state index contributed by atoms with van der Waals surface area (Å²) < 4.78 is 34.9. The van der Waals surface area contributed by atoms with Gasteiger partial charge in [-0.1, -0.05) is 30.3 Å². The Morgan fingerprint density at radius 1 is 0.906 bits per heavy atom. The Balaban J connectivity index is 1.55. The van der Waals surface area contributed by atoms with E-state index in [0.717, 1.165) is 40.0 Å². The van der Waals surface area contributed by atoms with Crippen molar-refractivity contribution in [2.45, 2.75) is 13.2 Å². The van der Waals surface area contributed by atoms with Crippen LogP contribution >= 0.6 is 0 Å². The highest BCUT2D eigenvalue weighted by Crippen LogP contribution is 2.31. The minimum absolute atomic E-state index is 0.0159. The Kier molecular flexibility index (Phi) is 6.63. The Bertz CT molecular complexity index is 1260. The molecule has 0 amide bonds. The van der Waals surface area contributed by atoms with Gasteiger partial charge in [-0.3, -0.25) is 13.8 Å². The molecule has 0 saturated carbocycles. The molecule has 0 atom stereocenters. The molecule has 4 aromatic rings. The fraction of sp³-hybridized carbons (Fsp3) is 0.167. The van der Waals surface area contributed by atoms with E-state index in [-0.39, 0.29) is 6.61 Å². The quantitative estimate of drug-likeness (QED) is 0.357. The van der Waals surface area contributed by atoms with E-state index in [1.165, 1.54) is 0 Å². The van der Waals surface area contributed by atoms with Gasteiger partial charge in [-0.2, -0.15) is 13.5 Å². The lowest BCUT2D eigenvalue weighted by molar-refractivity contribution is 0.297. The lowest BCUT2D eigenvalue weighted by Gasteiger charge is -2.08. The molecule has 0 aliphatic rings. The number of rotatable bonds is 9. The third kappa shape index (κ3) is 5.81. The monoisotopic (exact) mass is 449 g/mol. The predicted molar refractivity (Wildman–Crippen MR) is 122 cm³/mol. The molecule has 2 heterocycles. The number of hydrogen-bond acceptors (Lipinski definition) is 6. The van der Waals surface area contributed by atoms with Crippen molar-refractivity contribution in [1.29, 1.82) is 0 Å². The summed E-state index contributed by atoms with van der Waals surface area (Å²) in [4.78, 5) is 4.08. The average molecular weight is 450 g/mol. The van der Waals surface area contributed by atoms with Crippen LogP contribution in [0.25, 0.3) is 22.4 Å². The zero-order valence-corrected chi connectivity index (χ0v) is 18.4. The van der Waals surface area contributed by atoms with Crippen LogP contribution in [0.5, 0.6) is 5.75 Å². The van der Waals surface area contributed by atoms with Crippen molar-refractivity contribution in [3.63, 3.8) is 0 Å². The van der Waals surface area contributed by atoms with Gasteiger partial charge in [-0.15, -0.1) is 0 Å². The molecule has 2 aromatic carbocycles. The third-order valence-electron chi connectivity index (χ3n) is 4.75. The van der Waals surface area contributed by atoms with Crippen LogP contribution in [0.2, 0.25) is 0 Å². The molecule has 0 aliphatic heterocycles. The third-order valence-corrected chi connectivity index (χ3v) is 5.34. The van der Waals surface area contributed by atoms with Crippen molar-refractivity contribution in [2.24, 2.45) is 0 Å². The van der Waals surface area contributed by atoms with Crippen molar-refractivity contribution < 1.29 is 17.3 Å². The zero-order valence-electron chi connectivity index (χ0n) is 17.6. The van der Waals surface area contributed by atoms with Gasteiger partial charge in [-0.05, 0) is 47.5 Å². The molecule has 8 heteroatoms. The molecule has 32 heavy (non-hydrogen) atoms. The van der Waals surface area contributed by atoms with Gasteiger partial charge in [0.2, 0.25) is 0 Å². The summed E-state index contributed by atoms with van der Waals surface area (Å²) in [5, 5.41) is 4.68. The SMILES string of the molecule is CS(=O)(=O)OCCn1cc(-c2ccncc2)c(-c2ccc(OCc3ccccc3)cc2)n1. The summed E-state index contributed by atoms with van der Waals surface area (Å²) in [7, 11) is -3.50. The Labute approximate surface area is 187 Å². The van der Waals surface area contributed by atoms with Gasteiger partial charge in [0.25, 0.3) is 10.1 Å². The van der Waals surface area contributed by atoms with E-state index in [9.17, 15) is 8.42 Å². The van der Waals surface area contributed by atoms with Gasteiger partial charge in [-0.25, -0.2) is 0 Å². The fourth-order valence-electron chi connectivity index (χ4n) is 3.22. The van der Waals surface area contributed by atoms with Crippen LogP contribution in [-0.4, -0.2) is 36.0 Å². The first-order chi connectivity index (χ1) is 15.5. The first kappa shape index (κ1) is 21.7. The second-order valence-corrected chi connectivity index (χ2v) is 8.86. The molecule has 7 nitrogen and oxygen atoms in total. The second-order valence-electron chi connectivity index (χ2n) is 7.22. The van der Waals surface area contributed by atoms with Crippen molar-refractivity contribution in [3.8, 4) is 28.1 Å². The Morgan fingerprint density at radius 3 is 2.31 bits per heavy atom. The summed E-state index contributed by atoms with van der Waals surface area (Å²) in [5.41, 5.74) is 4.70. The minimum atomic E-state index is -3.50. The molecule has 0 N–H and O–H groups in total. The molecule has 0 fully saturated rings. The molecule has 4 rings (SSSR count). The standard InChI is InChI=1S/C24H23N3O4S/c1-32(28,29)31-16-15-27-17-23(20-11-13-25-14-12-20)24(26-27)21-7-9-22(10-8-21)30-18-19-5-3-2-4-6-19/h2-14,17H,15-16,18H2,1H3. The highest BCUT2D eigenvalue weighted by atomic mass is 32.2. The van der Waals surface area contributed by atoms with E-state index < -0.39 is 10.1 Å². The molecule has 0 spiro atoms. The van der Waals surface area contributed by atoms with E-state index in [4.69, 9.17) is 8.92 Å². The first-order valence-electron chi connectivity index (χ1n) is 10.1. The second kappa shape index (κ2) is 9.76. The fourth-order valence-corrected chi connectivity index (χ4v) is 3.60. The molecule has 0 bridgehead atoms. The van der Waals surface area contributed by atoms with Crippen LogP contribution < -0.4 is 4.74 Å². The topological polar surface area (TPSA) is 83.3 Å². The van der Waals surface area contributed by atoms with Crippen LogP contribution in [0, 0.1) is 0 Å². The molecule has 2 aromatic heterocycles. The lowest BCUT2D eigenvalue weighted by atomic mass is 10.0. The van der Waals surface area contributed by atoms with Crippen molar-refractivity contribution in [2.75, 3.05) is 12.9 Å². The van der Waals surface area contributed by atoms with Gasteiger partial charge in [0, 0.05) is 29.7 Å². The largest absolute Gasteiger partial charge is 0.489 e. The molecular weight excluding hydrogens is 426 g/mol. The molecular formula is C24H23N3O4S. The summed E-state index contributed by atoms with van der Waals surface area (Å²) in [5.74, 6) is 0.768. The van der Waals surface area contributed by atoms with Crippen LogP contribution in [0.4, 0.5) is 0 Å². The zero-order chi connectivity index (χ0) is 22.4. The van der Waals surface area contributed by atoms with Gasteiger partial charge in [0.1, 0.15) is 18.1 Å². The number of aromatic nitrogens is 3. The summed E-state index contributed by atoms with van der Waals surface area (Å²) >= 11 is 0. The molecule has 0 saturated heterocycles. The molecule has 0 radical (unpaired) electrons. The maximum atomic E-state index is 11.2. The Hall–Kier alpha value is -3.49. The van der Waals surface area contributed by atoms with Crippen molar-refractivity contribution >= 4 is 10.1 Å². The Morgan fingerprint density at radius 2 is 1.62 bits per heavy atom. The van der Waals surface area contributed by atoms with Crippen molar-refractivity contribution in [1.82, 2.24) is 14.8 Å². The van der Waals surface area contributed by atoms with Crippen LogP contribution in [0.15, 0.2) is 85.3 Å². The van der Waals surface area contributed by atoms with E-state index in [1.807, 2.05) is 72.9 Å². The molecule has 0 aliphatic carbocycles. The molecule has 164 valence electrons. The number of benzene rings is 2. The van der Waals surface area contributed by atoms with Crippen molar-refractivity contribution in [3.05, 3.63) is 90.9 Å². The van der Waals surface area contributed by atoms with E-state index in [2.05, 4.69) is 10.1 Å². The number of hydrogen-bond donors (Lipinski definition) is 0. The maximum absolute atomic E-state index is 11.2. The van der Waals surface area contributed by atoms with Gasteiger partial charge in [0.15, 0.2) is 0 Å². The van der Waals surface area contributed by atoms with Gasteiger partial charge in [0.05, 0.1) is 19.4 Å². The summed E-state index contributed by atoms with van der Waals surface area (Å²) in [6, 6.07) is 21.6.